The first-order valence-electron chi connectivity index (χ1n) is 9.11. The summed E-state index contributed by atoms with van der Waals surface area (Å²) < 4.78 is 39.0. The predicted octanol–water partition coefficient (Wildman–Crippen LogP) is 5.32. The van der Waals surface area contributed by atoms with Crippen molar-refractivity contribution in [2.45, 2.75) is 6.18 Å². The Hall–Kier alpha value is -4.07. The monoisotopic (exact) mass is 424 g/mol. The maximum Gasteiger partial charge on any atom is 0.416 e. The number of alkyl halides is 3. The van der Waals surface area contributed by atoms with Crippen LogP contribution < -0.4 is 5.73 Å². The minimum absolute atomic E-state index is 0.0149. The maximum absolute atomic E-state index is 13.0. The molecule has 4 N–H and O–H groups in total. The molecule has 156 valence electrons. The number of carboxylic acids is 1. The predicted molar refractivity (Wildman–Crippen MR) is 110 cm³/mol. The van der Waals surface area contributed by atoms with Gasteiger partial charge in [0.05, 0.1) is 11.1 Å². The third kappa shape index (κ3) is 4.00. The maximum atomic E-state index is 13.0. The molecule has 8 heteroatoms. The van der Waals surface area contributed by atoms with Crippen molar-refractivity contribution in [2.24, 2.45) is 5.73 Å². The lowest BCUT2D eigenvalue weighted by atomic mass is 9.97. The van der Waals surface area contributed by atoms with Gasteiger partial charge in [0.1, 0.15) is 0 Å². The van der Waals surface area contributed by atoms with Gasteiger partial charge < -0.3 is 15.8 Å². The third-order valence-electron chi connectivity index (χ3n) is 4.94. The Labute approximate surface area is 173 Å². The lowest BCUT2D eigenvalue weighted by Crippen LogP contribution is -2.10. The number of amides is 1. The number of carboxylic acid groups (broad SMARTS) is 1. The van der Waals surface area contributed by atoms with Gasteiger partial charge >= 0.3 is 12.1 Å². The number of hydrogen-bond donors (Lipinski definition) is 3. The largest absolute Gasteiger partial charge is 0.478 e. The lowest BCUT2D eigenvalue weighted by molar-refractivity contribution is -0.137. The van der Waals surface area contributed by atoms with Crippen LogP contribution in [0.4, 0.5) is 13.2 Å². The van der Waals surface area contributed by atoms with Crippen LogP contribution in [0.2, 0.25) is 0 Å². The number of aromatic amines is 1. The van der Waals surface area contributed by atoms with Gasteiger partial charge in [-0.15, -0.1) is 0 Å². The van der Waals surface area contributed by atoms with E-state index in [9.17, 15) is 27.9 Å². The number of benzene rings is 3. The highest BCUT2D eigenvalue weighted by atomic mass is 19.4. The zero-order valence-corrected chi connectivity index (χ0v) is 15.8. The molecule has 5 nitrogen and oxygen atoms in total. The molecule has 31 heavy (non-hydrogen) atoms. The Balaban J connectivity index is 1.82. The molecule has 4 rings (SSSR count). The highest BCUT2D eigenvalue weighted by Crippen LogP contribution is 2.34. The normalized spacial score (nSPS) is 11.6. The van der Waals surface area contributed by atoms with E-state index in [0.29, 0.717) is 38.9 Å². The van der Waals surface area contributed by atoms with Crippen molar-refractivity contribution in [3.05, 3.63) is 83.4 Å². The molecule has 1 heterocycles. The standard InChI is InChI=1S/C23H15F3N2O3/c24-23(25,26)18-5-6-19-16(10-18)11-20(28-19)15-7-14(8-17(9-15)22(30)31)12-1-3-13(4-2-12)21(27)29/h1-11,28H,(H2,27,29)(H,30,31). The second-order valence-corrected chi connectivity index (χ2v) is 7.03. The average molecular weight is 424 g/mol. The first kappa shape index (κ1) is 20.2. The molecule has 0 fully saturated rings. The van der Waals surface area contributed by atoms with Gasteiger partial charge in [0.2, 0.25) is 5.91 Å². The molecule has 1 amide bonds. The zero-order chi connectivity index (χ0) is 22.3. The number of aromatic nitrogens is 1. The summed E-state index contributed by atoms with van der Waals surface area (Å²) in [5.41, 5.74) is 7.52. The Morgan fingerprint density at radius 3 is 2.10 bits per heavy atom. The molecule has 0 bridgehead atoms. The fourth-order valence-corrected chi connectivity index (χ4v) is 3.36. The van der Waals surface area contributed by atoms with E-state index in [2.05, 4.69) is 4.98 Å². The van der Waals surface area contributed by atoms with E-state index < -0.39 is 23.6 Å². The Morgan fingerprint density at radius 2 is 1.48 bits per heavy atom. The van der Waals surface area contributed by atoms with Gasteiger partial charge in [-0.2, -0.15) is 13.2 Å². The number of halogens is 3. The van der Waals surface area contributed by atoms with Crippen molar-refractivity contribution in [1.29, 1.82) is 0 Å². The van der Waals surface area contributed by atoms with Gasteiger partial charge in [-0.3, -0.25) is 4.79 Å². The molecule has 4 aromatic rings. The van der Waals surface area contributed by atoms with Crippen LogP contribution in [-0.2, 0) is 6.18 Å². The van der Waals surface area contributed by atoms with Gasteiger partial charge in [0, 0.05) is 22.2 Å². The molecule has 0 aliphatic rings. The Kier molecular flexibility index (Phi) is 4.77. The van der Waals surface area contributed by atoms with Crippen molar-refractivity contribution >= 4 is 22.8 Å². The molecule has 0 atom stereocenters. The van der Waals surface area contributed by atoms with Gasteiger partial charge in [-0.1, -0.05) is 12.1 Å². The van der Waals surface area contributed by atoms with Crippen LogP contribution in [0.1, 0.15) is 26.3 Å². The molecular weight excluding hydrogens is 409 g/mol. The number of carbonyl (C=O) groups excluding carboxylic acids is 1. The molecule has 0 saturated carbocycles. The summed E-state index contributed by atoms with van der Waals surface area (Å²) in [5, 5.41) is 9.87. The summed E-state index contributed by atoms with van der Waals surface area (Å²) in [4.78, 5) is 26.0. The third-order valence-corrected chi connectivity index (χ3v) is 4.94. The van der Waals surface area contributed by atoms with Crippen LogP contribution in [0.3, 0.4) is 0 Å². The van der Waals surface area contributed by atoms with Crippen LogP contribution in [0.25, 0.3) is 33.3 Å². The summed E-state index contributed by atoms with van der Waals surface area (Å²) >= 11 is 0. The van der Waals surface area contributed by atoms with E-state index in [-0.39, 0.29) is 5.56 Å². The van der Waals surface area contributed by atoms with Crippen LogP contribution >= 0.6 is 0 Å². The van der Waals surface area contributed by atoms with E-state index in [4.69, 9.17) is 5.73 Å². The molecule has 0 aliphatic heterocycles. The number of rotatable bonds is 4. The molecule has 0 unspecified atom stereocenters. The van der Waals surface area contributed by atoms with Crippen molar-refractivity contribution in [3.63, 3.8) is 0 Å². The second-order valence-electron chi connectivity index (χ2n) is 7.03. The van der Waals surface area contributed by atoms with Crippen molar-refractivity contribution < 1.29 is 27.9 Å². The zero-order valence-electron chi connectivity index (χ0n) is 15.8. The fourth-order valence-electron chi connectivity index (χ4n) is 3.36. The first-order chi connectivity index (χ1) is 14.6. The molecule has 3 aromatic carbocycles. The highest BCUT2D eigenvalue weighted by molar-refractivity contribution is 5.95. The highest BCUT2D eigenvalue weighted by Gasteiger charge is 2.30. The van der Waals surface area contributed by atoms with Crippen LogP contribution in [0.15, 0.2) is 66.7 Å². The smallest absolute Gasteiger partial charge is 0.416 e. The number of aromatic carboxylic acids is 1. The minimum Gasteiger partial charge on any atom is -0.478 e. The molecule has 0 aliphatic carbocycles. The number of carbonyl (C=O) groups is 2. The first-order valence-corrected chi connectivity index (χ1v) is 9.11. The van der Waals surface area contributed by atoms with Crippen molar-refractivity contribution in [2.75, 3.05) is 0 Å². The van der Waals surface area contributed by atoms with Gasteiger partial charge in [0.25, 0.3) is 0 Å². The SMILES string of the molecule is NC(=O)c1ccc(-c2cc(C(=O)O)cc(-c3cc4cc(C(F)(F)F)ccc4[nH]3)c2)cc1. The summed E-state index contributed by atoms with van der Waals surface area (Å²) in [6.07, 6.45) is -4.46. The number of hydrogen-bond acceptors (Lipinski definition) is 2. The molecule has 1 aromatic heterocycles. The summed E-state index contributed by atoms with van der Waals surface area (Å²) in [5.74, 6) is -1.73. The number of primary amides is 1. The quantitative estimate of drug-likeness (QED) is 0.414. The minimum atomic E-state index is -4.46. The van der Waals surface area contributed by atoms with Crippen LogP contribution in [0, 0.1) is 0 Å². The van der Waals surface area contributed by atoms with E-state index >= 15 is 0 Å². The van der Waals surface area contributed by atoms with E-state index in [0.717, 1.165) is 12.1 Å². The lowest BCUT2D eigenvalue weighted by Gasteiger charge is -2.08. The molecule has 0 radical (unpaired) electrons. The topological polar surface area (TPSA) is 96.2 Å². The van der Waals surface area contributed by atoms with Gasteiger partial charge in [-0.25, -0.2) is 4.79 Å². The Morgan fingerprint density at radius 1 is 0.806 bits per heavy atom. The Bertz CT molecular complexity index is 1320. The van der Waals surface area contributed by atoms with Crippen molar-refractivity contribution in [1.82, 2.24) is 4.98 Å². The average Bonchev–Trinajstić information content (AvgIpc) is 3.16. The number of nitrogens with two attached hydrogens (primary N) is 1. The second kappa shape index (κ2) is 7.32. The van der Waals surface area contributed by atoms with Crippen molar-refractivity contribution in [3.8, 4) is 22.4 Å². The van der Waals surface area contributed by atoms with Gasteiger partial charge in [-0.05, 0) is 71.3 Å². The van der Waals surface area contributed by atoms with E-state index in [1.807, 2.05) is 0 Å². The van der Waals surface area contributed by atoms with Crippen LogP contribution in [-0.4, -0.2) is 22.0 Å². The van der Waals surface area contributed by atoms with E-state index in [1.165, 1.54) is 30.3 Å². The van der Waals surface area contributed by atoms with Gasteiger partial charge in [0.15, 0.2) is 0 Å². The summed E-state index contributed by atoms with van der Waals surface area (Å²) in [6, 6.07) is 15.9. The number of H-pyrrole nitrogens is 1. The molecule has 0 spiro atoms. The number of fused-ring (bicyclic) bond motifs is 1. The fraction of sp³-hybridized carbons (Fsp3) is 0.0435. The summed E-state index contributed by atoms with van der Waals surface area (Å²) in [7, 11) is 0. The number of nitrogens with one attached hydrogen (secondary N) is 1. The molecule has 0 saturated heterocycles. The van der Waals surface area contributed by atoms with Crippen LogP contribution in [0.5, 0.6) is 0 Å². The summed E-state index contributed by atoms with van der Waals surface area (Å²) in [6.45, 7) is 0. The molecular formula is C23H15F3N2O3. The van der Waals surface area contributed by atoms with E-state index in [1.54, 1.807) is 24.3 Å².